The topological polar surface area (TPSA) is 100 Å². The number of rotatable bonds is 9. The van der Waals surface area contributed by atoms with Crippen molar-refractivity contribution >= 4 is 22.8 Å². The molecule has 9 heteroatoms. The van der Waals surface area contributed by atoms with Crippen LogP contribution in [0.2, 0.25) is 0 Å². The highest BCUT2D eigenvalue weighted by atomic mass is 16.6. The Hall–Kier alpha value is -4.24. The minimum atomic E-state index is -0.323. The zero-order valence-electron chi connectivity index (χ0n) is 21.2. The molecule has 4 aromatic rings. The molecular weight excluding hydrogens is 482 g/mol. The summed E-state index contributed by atoms with van der Waals surface area (Å²) in [5.74, 6) is 0. The lowest BCUT2D eigenvalue weighted by Crippen LogP contribution is -2.41. The summed E-state index contributed by atoms with van der Waals surface area (Å²) in [6, 6.07) is 25.1. The maximum Gasteiger partial charge on any atom is 0.409 e. The molecule has 9 nitrogen and oxygen atoms in total. The average molecular weight is 514 g/mol. The monoisotopic (exact) mass is 513 g/mol. The summed E-state index contributed by atoms with van der Waals surface area (Å²) in [5, 5.41) is 2.96. The van der Waals surface area contributed by atoms with Gasteiger partial charge in [-0.2, -0.15) is 0 Å². The van der Waals surface area contributed by atoms with Crippen molar-refractivity contribution in [2.75, 3.05) is 26.2 Å². The number of carbonyl (C=O) groups excluding carboxylic acids is 1. The predicted octanol–water partition coefficient (Wildman–Crippen LogP) is 5.20. The van der Waals surface area contributed by atoms with Crippen molar-refractivity contribution in [3.05, 3.63) is 105 Å². The van der Waals surface area contributed by atoms with Crippen LogP contribution in [0.4, 0.5) is 10.5 Å². The van der Waals surface area contributed by atoms with Crippen LogP contribution in [0.5, 0.6) is 0 Å². The molecule has 0 bridgehead atoms. The van der Waals surface area contributed by atoms with E-state index >= 15 is 0 Å². The van der Waals surface area contributed by atoms with Gasteiger partial charge in [0.25, 0.3) is 0 Å². The molecule has 38 heavy (non-hydrogen) atoms. The second-order valence-electron chi connectivity index (χ2n) is 9.60. The molecule has 5 rings (SSSR count). The Kier molecular flexibility index (Phi) is 7.94. The molecule has 0 unspecified atom stereocenters. The molecule has 1 aliphatic rings. The zero-order chi connectivity index (χ0) is 26.3. The van der Waals surface area contributed by atoms with E-state index in [1.807, 2.05) is 59.2 Å². The fourth-order valence-corrected chi connectivity index (χ4v) is 5.07. The van der Waals surface area contributed by atoms with Crippen molar-refractivity contribution in [2.24, 2.45) is 5.18 Å². The van der Waals surface area contributed by atoms with Gasteiger partial charge in [-0.3, -0.25) is 9.47 Å². The van der Waals surface area contributed by atoms with Gasteiger partial charge >= 0.3 is 11.8 Å². The fraction of sp³-hybridized carbons (Fsp3) is 0.310. The minimum Gasteiger partial charge on any atom is -0.448 e. The molecule has 2 heterocycles. The normalized spacial score (nSPS) is 14.2. The molecule has 1 saturated heterocycles. The number of hydrogen-bond donors (Lipinski definition) is 1. The van der Waals surface area contributed by atoms with E-state index < -0.39 is 0 Å². The maximum absolute atomic E-state index is 12.8. The van der Waals surface area contributed by atoms with Crippen LogP contribution in [0.3, 0.4) is 0 Å². The molecule has 0 atom stereocenters. The average Bonchev–Trinajstić information content (AvgIpc) is 3.29. The Balaban J connectivity index is 1.15. The number of fused-ring (bicyclic) bond motifs is 1. The Morgan fingerprint density at radius 3 is 2.29 bits per heavy atom. The Bertz CT molecular complexity index is 1420. The van der Waals surface area contributed by atoms with Crippen molar-refractivity contribution in [3.63, 3.8) is 0 Å². The van der Waals surface area contributed by atoms with Gasteiger partial charge in [0.2, 0.25) is 0 Å². The first-order valence-electron chi connectivity index (χ1n) is 12.9. The van der Waals surface area contributed by atoms with Gasteiger partial charge in [0.1, 0.15) is 12.3 Å². The summed E-state index contributed by atoms with van der Waals surface area (Å²) in [5.41, 5.74) is 4.23. The van der Waals surface area contributed by atoms with Gasteiger partial charge in [0.05, 0.1) is 11.0 Å². The SMILES string of the molecule is O=Nc1ccc(CN(CCOC(=O)N2CCC(n3c(=O)[nH]c4ccccc43)CC2)Cc2ccccc2)cc1. The summed E-state index contributed by atoms with van der Waals surface area (Å²) in [4.78, 5) is 42.9. The van der Waals surface area contributed by atoms with Gasteiger partial charge in [-0.15, -0.1) is 4.91 Å². The first-order valence-corrected chi connectivity index (χ1v) is 12.9. The number of para-hydroxylation sites is 2. The van der Waals surface area contributed by atoms with Crippen molar-refractivity contribution in [1.82, 2.24) is 19.4 Å². The van der Waals surface area contributed by atoms with E-state index in [1.165, 1.54) is 5.56 Å². The lowest BCUT2D eigenvalue weighted by molar-refractivity contribution is 0.0770. The standard InChI is InChI=1S/C29H31N5O4/c35-28-30-26-8-4-5-9-27(26)34(28)25-14-16-33(17-15-25)29(36)38-19-18-32(20-22-6-2-1-3-7-22)21-23-10-12-24(31-37)13-11-23/h1-13,25H,14-21H2,(H,30,35). The number of aromatic nitrogens is 2. The van der Waals surface area contributed by atoms with Crippen LogP contribution in [0.15, 0.2) is 88.8 Å². The molecule has 1 fully saturated rings. The quantitative estimate of drug-likeness (QED) is 0.310. The number of carbonyl (C=O) groups is 1. The molecule has 1 N–H and O–H groups in total. The number of aromatic amines is 1. The number of ether oxygens (including phenoxy) is 1. The van der Waals surface area contributed by atoms with Crippen LogP contribution >= 0.6 is 0 Å². The van der Waals surface area contributed by atoms with Gasteiger partial charge in [-0.25, -0.2) is 9.59 Å². The van der Waals surface area contributed by atoms with E-state index in [9.17, 15) is 14.5 Å². The molecule has 0 aliphatic carbocycles. The van der Waals surface area contributed by atoms with E-state index in [0.717, 1.165) is 16.6 Å². The van der Waals surface area contributed by atoms with E-state index in [-0.39, 0.29) is 24.4 Å². The van der Waals surface area contributed by atoms with E-state index in [0.29, 0.717) is 51.3 Å². The molecule has 196 valence electrons. The number of imidazole rings is 1. The third-order valence-electron chi connectivity index (χ3n) is 7.04. The number of likely N-dealkylation sites (tertiary alicyclic amines) is 1. The fourth-order valence-electron chi connectivity index (χ4n) is 5.07. The lowest BCUT2D eigenvalue weighted by atomic mass is 10.0. The van der Waals surface area contributed by atoms with E-state index in [4.69, 9.17) is 4.74 Å². The summed E-state index contributed by atoms with van der Waals surface area (Å²) >= 11 is 0. The second kappa shape index (κ2) is 11.9. The van der Waals surface area contributed by atoms with Crippen molar-refractivity contribution in [2.45, 2.75) is 32.0 Å². The van der Waals surface area contributed by atoms with E-state index in [2.05, 4.69) is 27.2 Å². The first-order chi connectivity index (χ1) is 18.6. The minimum absolute atomic E-state index is 0.0462. The van der Waals surface area contributed by atoms with Crippen LogP contribution in [0.25, 0.3) is 11.0 Å². The lowest BCUT2D eigenvalue weighted by Gasteiger charge is -2.32. The van der Waals surface area contributed by atoms with Gasteiger partial charge in [0.15, 0.2) is 0 Å². The highest BCUT2D eigenvalue weighted by Gasteiger charge is 2.27. The van der Waals surface area contributed by atoms with Crippen LogP contribution in [-0.4, -0.2) is 51.7 Å². The molecule has 1 amide bonds. The number of nitrogens with zero attached hydrogens (tertiary/aromatic N) is 4. The summed E-state index contributed by atoms with van der Waals surface area (Å²) in [6.07, 6.45) is 1.07. The summed E-state index contributed by atoms with van der Waals surface area (Å²) in [6.45, 7) is 3.27. The maximum atomic E-state index is 12.8. The van der Waals surface area contributed by atoms with Crippen LogP contribution in [-0.2, 0) is 17.8 Å². The Morgan fingerprint density at radius 2 is 1.58 bits per heavy atom. The zero-order valence-corrected chi connectivity index (χ0v) is 21.2. The van der Waals surface area contributed by atoms with Crippen LogP contribution < -0.4 is 5.69 Å². The third kappa shape index (κ3) is 6.00. The number of benzene rings is 3. The highest BCUT2D eigenvalue weighted by molar-refractivity contribution is 5.75. The predicted molar refractivity (Wildman–Crippen MR) is 146 cm³/mol. The molecule has 1 aliphatic heterocycles. The second-order valence-corrected chi connectivity index (χ2v) is 9.60. The first kappa shape index (κ1) is 25.4. The highest BCUT2D eigenvalue weighted by Crippen LogP contribution is 2.25. The van der Waals surface area contributed by atoms with Crippen molar-refractivity contribution < 1.29 is 9.53 Å². The molecule has 0 radical (unpaired) electrons. The Morgan fingerprint density at radius 1 is 0.921 bits per heavy atom. The van der Waals surface area contributed by atoms with E-state index in [1.54, 1.807) is 17.0 Å². The van der Waals surface area contributed by atoms with Gasteiger partial charge in [-0.1, -0.05) is 54.6 Å². The smallest absolute Gasteiger partial charge is 0.409 e. The third-order valence-corrected chi connectivity index (χ3v) is 7.04. The van der Waals surface area contributed by atoms with Gasteiger partial charge in [-0.05, 0) is 53.4 Å². The Labute approximate surface area is 220 Å². The van der Waals surface area contributed by atoms with Crippen molar-refractivity contribution in [1.29, 1.82) is 0 Å². The molecule has 0 spiro atoms. The molecule has 1 aromatic heterocycles. The number of nitrogens with one attached hydrogen (secondary N) is 1. The number of nitroso groups, excluding NO2 is 1. The number of hydrogen-bond acceptors (Lipinski definition) is 6. The molecule has 0 saturated carbocycles. The van der Waals surface area contributed by atoms with Gasteiger partial charge in [0, 0.05) is 38.8 Å². The van der Waals surface area contributed by atoms with Crippen molar-refractivity contribution in [3.8, 4) is 0 Å². The number of amides is 1. The summed E-state index contributed by atoms with van der Waals surface area (Å²) in [7, 11) is 0. The number of H-pyrrole nitrogens is 1. The van der Waals surface area contributed by atoms with Crippen LogP contribution in [0.1, 0.15) is 30.0 Å². The van der Waals surface area contributed by atoms with Crippen LogP contribution in [0, 0.1) is 4.91 Å². The molecular formula is C29H31N5O4. The van der Waals surface area contributed by atoms with Gasteiger partial charge < -0.3 is 14.6 Å². The number of piperidine rings is 1. The molecule has 3 aromatic carbocycles. The largest absolute Gasteiger partial charge is 0.448 e. The summed E-state index contributed by atoms with van der Waals surface area (Å²) < 4.78 is 7.47.